The number of nitrogens with one attached hydrogen (secondary N) is 2. The monoisotopic (exact) mass is 401 g/mol. The van der Waals surface area contributed by atoms with Crippen molar-refractivity contribution in [2.75, 3.05) is 31.6 Å². The first kappa shape index (κ1) is 20.4. The third kappa shape index (κ3) is 4.54. The minimum Gasteiger partial charge on any atom is -0.465 e. The molecule has 6 heteroatoms. The summed E-state index contributed by atoms with van der Waals surface area (Å²) in [6.45, 7) is 3.99. The summed E-state index contributed by atoms with van der Waals surface area (Å²) in [5.74, 6) is -0.243. The Kier molecular flexibility index (Phi) is 6.70. The van der Waals surface area contributed by atoms with Crippen molar-refractivity contribution in [3.05, 3.63) is 65.2 Å². The highest BCUT2D eigenvalue weighted by atomic mass is 35.5. The van der Waals surface area contributed by atoms with E-state index in [1.165, 1.54) is 0 Å². The molecular formula is C22H26ClN2O3+. The van der Waals surface area contributed by atoms with Crippen molar-refractivity contribution in [3.8, 4) is 0 Å². The van der Waals surface area contributed by atoms with Crippen LogP contribution in [0.4, 0.5) is 5.69 Å². The SMILES string of the molecule is CCOC(=O)C1(c2ccccc2)CC[NH+](CC(=O)Nc2ccccc2Cl)CC1. The molecule has 1 saturated heterocycles. The van der Waals surface area contributed by atoms with Crippen LogP contribution in [-0.2, 0) is 19.7 Å². The fourth-order valence-corrected chi connectivity index (χ4v) is 4.01. The van der Waals surface area contributed by atoms with E-state index in [-0.39, 0.29) is 11.9 Å². The molecule has 1 amide bonds. The number of piperidine rings is 1. The Morgan fingerprint density at radius 1 is 1.07 bits per heavy atom. The molecule has 2 aromatic rings. The van der Waals surface area contributed by atoms with Gasteiger partial charge in [-0.15, -0.1) is 0 Å². The number of para-hydroxylation sites is 1. The lowest BCUT2D eigenvalue weighted by molar-refractivity contribution is -0.898. The van der Waals surface area contributed by atoms with E-state index in [1.54, 1.807) is 12.1 Å². The maximum absolute atomic E-state index is 12.8. The molecule has 2 aromatic carbocycles. The Morgan fingerprint density at radius 3 is 2.36 bits per heavy atom. The first-order valence-corrected chi connectivity index (χ1v) is 10.0. The number of hydrogen-bond donors (Lipinski definition) is 2. The van der Waals surface area contributed by atoms with Crippen molar-refractivity contribution >= 4 is 29.2 Å². The van der Waals surface area contributed by atoms with Gasteiger partial charge in [0.25, 0.3) is 5.91 Å². The molecular weight excluding hydrogens is 376 g/mol. The average Bonchev–Trinajstić information content (AvgIpc) is 2.71. The van der Waals surface area contributed by atoms with Crippen LogP contribution in [0.15, 0.2) is 54.6 Å². The number of halogens is 1. The van der Waals surface area contributed by atoms with E-state index < -0.39 is 5.41 Å². The zero-order valence-corrected chi connectivity index (χ0v) is 16.8. The molecule has 0 unspecified atom stereocenters. The summed E-state index contributed by atoms with van der Waals surface area (Å²) in [7, 11) is 0. The van der Waals surface area contributed by atoms with E-state index in [4.69, 9.17) is 16.3 Å². The number of benzene rings is 2. The molecule has 0 radical (unpaired) electrons. The van der Waals surface area contributed by atoms with Crippen molar-refractivity contribution in [1.29, 1.82) is 0 Å². The Hall–Kier alpha value is -2.37. The van der Waals surface area contributed by atoms with E-state index in [1.807, 2.05) is 49.4 Å². The second-order valence-electron chi connectivity index (χ2n) is 7.12. The Balaban J connectivity index is 1.65. The minimum absolute atomic E-state index is 0.0774. The molecule has 0 saturated carbocycles. The number of carbonyl (C=O) groups is 2. The number of rotatable bonds is 6. The van der Waals surface area contributed by atoms with Crippen molar-refractivity contribution in [3.63, 3.8) is 0 Å². The van der Waals surface area contributed by atoms with Gasteiger partial charge in [-0.05, 0) is 24.6 Å². The number of likely N-dealkylation sites (tertiary alicyclic amines) is 1. The highest BCUT2D eigenvalue weighted by Crippen LogP contribution is 2.34. The zero-order chi connectivity index (χ0) is 20.0. The normalized spacial score (nSPS) is 21.7. The van der Waals surface area contributed by atoms with E-state index >= 15 is 0 Å². The van der Waals surface area contributed by atoms with Crippen LogP contribution in [0.1, 0.15) is 25.3 Å². The summed E-state index contributed by atoms with van der Waals surface area (Å²) in [6.07, 6.45) is 1.31. The van der Waals surface area contributed by atoms with Gasteiger partial charge in [0.15, 0.2) is 6.54 Å². The summed E-state index contributed by atoms with van der Waals surface area (Å²) in [6, 6.07) is 17.0. The summed E-state index contributed by atoms with van der Waals surface area (Å²) in [4.78, 5) is 26.4. The molecule has 2 N–H and O–H groups in total. The summed E-state index contributed by atoms with van der Waals surface area (Å²) < 4.78 is 5.41. The van der Waals surface area contributed by atoms with Crippen LogP contribution in [0, 0.1) is 0 Å². The summed E-state index contributed by atoms with van der Waals surface area (Å²) in [5, 5.41) is 3.39. The third-order valence-electron chi connectivity index (χ3n) is 5.36. The molecule has 5 nitrogen and oxygen atoms in total. The minimum atomic E-state index is -0.625. The van der Waals surface area contributed by atoms with Gasteiger partial charge in [-0.2, -0.15) is 0 Å². The van der Waals surface area contributed by atoms with Gasteiger partial charge in [-0.3, -0.25) is 9.59 Å². The molecule has 0 aromatic heterocycles. The van der Waals surface area contributed by atoms with Gasteiger partial charge in [0, 0.05) is 12.8 Å². The van der Waals surface area contributed by atoms with Gasteiger partial charge in [-0.1, -0.05) is 54.1 Å². The van der Waals surface area contributed by atoms with Crippen LogP contribution >= 0.6 is 11.6 Å². The summed E-state index contributed by atoms with van der Waals surface area (Å²) >= 11 is 6.11. The van der Waals surface area contributed by atoms with Gasteiger partial charge in [0.1, 0.15) is 5.41 Å². The van der Waals surface area contributed by atoms with Crippen LogP contribution in [0.3, 0.4) is 0 Å². The van der Waals surface area contributed by atoms with E-state index in [0.29, 0.717) is 36.7 Å². The molecule has 1 aliphatic rings. The van der Waals surface area contributed by atoms with Gasteiger partial charge in [0.2, 0.25) is 0 Å². The van der Waals surface area contributed by atoms with Crippen molar-refractivity contribution in [1.82, 2.24) is 0 Å². The number of quaternary nitrogens is 1. The van der Waals surface area contributed by atoms with Crippen molar-refractivity contribution < 1.29 is 19.2 Å². The molecule has 1 aliphatic heterocycles. The standard InChI is InChI=1S/C22H25ClN2O3/c1-2-28-21(27)22(17-8-4-3-5-9-17)12-14-25(15-13-22)16-20(26)24-19-11-7-6-10-18(19)23/h3-11H,2,12-16H2,1H3,(H,24,26)/p+1. The van der Waals surface area contributed by atoms with Crippen LogP contribution in [0.2, 0.25) is 5.02 Å². The number of hydrogen-bond acceptors (Lipinski definition) is 3. The lowest BCUT2D eigenvalue weighted by atomic mass is 9.72. The molecule has 3 rings (SSSR count). The molecule has 0 aliphatic carbocycles. The molecule has 28 heavy (non-hydrogen) atoms. The van der Waals surface area contributed by atoms with Gasteiger partial charge >= 0.3 is 5.97 Å². The predicted octanol–water partition coefficient (Wildman–Crippen LogP) is 2.46. The number of esters is 1. The maximum atomic E-state index is 12.8. The van der Waals surface area contributed by atoms with Crippen LogP contribution in [0.25, 0.3) is 0 Å². The van der Waals surface area contributed by atoms with Crippen molar-refractivity contribution in [2.24, 2.45) is 0 Å². The first-order chi connectivity index (χ1) is 13.5. The molecule has 148 valence electrons. The smallest absolute Gasteiger partial charge is 0.317 e. The topological polar surface area (TPSA) is 59.8 Å². The fraction of sp³-hybridized carbons (Fsp3) is 0.364. The average molecular weight is 402 g/mol. The second-order valence-corrected chi connectivity index (χ2v) is 7.53. The van der Waals surface area contributed by atoms with Gasteiger partial charge in [-0.25, -0.2) is 0 Å². The van der Waals surface area contributed by atoms with E-state index in [2.05, 4.69) is 5.32 Å². The number of ether oxygens (including phenoxy) is 1. The Morgan fingerprint density at radius 2 is 1.71 bits per heavy atom. The van der Waals surface area contributed by atoms with Crippen molar-refractivity contribution in [2.45, 2.75) is 25.2 Å². The van der Waals surface area contributed by atoms with Gasteiger partial charge in [0.05, 0.1) is 30.4 Å². The zero-order valence-electron chi connectivity index (χ0n) is 16.0. The van der Waals surface area contributed by atoms with E-state index in [0.717, 1.165) is 23.6 Å². The number of anilines is 1. The predicted molar refractivity (Wildman–Crippen MR) is 110 cm³/mol. The highest BCUT2D eigenvalue weighted by Gasteiger charge is 2.46. The molecule has 0 spiro atoms. The second kappa shape index (κ2) is 9.22. The van der Waals surface area contributed by atoms with E-state index in [9.17, 15) is 9.59 Å². The molecule has 1 fully saturated rings. The lowest BCUT2D eigenvalue weighted by Crippen LogP contribution is -3.14. The first-order valence-electron chi connectivity index (χ1n) is 9.66. The third-order valence-corrected chi connectivity index (χ3v) is 5.69. The molecule has 0 bridgehead atoms. The number of amides is 1. The highest BCUT2D eigenvalue weighted by molar-refractivity contribution is 6.33. The van der Waals surface area contributed by atoms with Crippen LogP contribution in [0.5, 0.6) is 0 Å². The molecule has 1 heterocycles. The quantitative estimate of drug-likeness (QED) is 0.731. The van der Waals surface area contributed by atoms with Gasteiger partial charge < -0.3 is 15.0 Å². The number of carbonyl (C=O) groups excluding carboxylic acids is 2. The maximum Gasteiger partial charge on any atom is 0.317 e. The largest absolute Gasteiger partial charge is 0.465 e. The Labute approximate surface area is 170 Å². The lowest BCUT2D eigenvalue weighted by Gasteiger charge is -2.38. The van der Waals surface area contributed by atoms with Crippen LogP contribution < -0.4 is 10.2 Å². The summed E-state index contributed by atoms with van der Waals surface area (Å²) in [5.41, 5.74) is 0.990. The van der Waals surface area contributed by atoms with Crippen LogP contribution in [-0.4, -0.2) is 38.1 Å². The fourth-order valence-electron chi connectivity index (χ4n) is 3.83. The molecule has 0 atom stereocenters. The Bertz CT molecular complexity index is 818.